The Bertz CT molecular complexity index is 491. The first-order valence-electron chi connectivity index (χ1n) is 8.82. The molecule has 7 heteroatoms. The highest BCUT2D eigenvalue weighted by atomic mass is 32.2. The summed E-state index contributed by atoms with van der Waals surface area (Å²) < 4.78 is 2.32. The second-order valence-corrected chi connectivity index (χ2v) is 7.74. The van der Waals surface area contributed by atoms with E-state index in [2.05, 4.69) is 37.7 Å². The number of rotatable bonds is 7. The molecule has 23 heavy (non-hydrogen) atoms. The molecule has 2 aliphatic rings. The largest absolute Gasteiger partial charge is 0.328 e. The van der Waals surface area contributed by atoms with Gasteiger partial charge in [-0.25, -0.2) is 0 Å². The molecule has 0 unspecified atom stereocenters. The van der Waals surface area contributed by atoms with Crippen molar-refractivity contribution in [3.05, 3.63) is 11.6 Å². The van der Waals surface area contributed by atoms with Crippen molar-refractivity contribution in [2.75, 3.05) is 44.7 Å². The van der Waals surface area contributed by atoms with Crippen molar-refractivity contribution >= 4 is 11.8 Å². The van der Waals surface area contributed by atoms with Gasteiger partial charge in [0.25, 0.3) is 0 Å². The summed E-state index contributed by atoms with van der Waals surface area (Å²) in [6.07, 6.45) is 4.30. The van der Waals surface area contributed by atoms with Gasteiger partial charge in [-0.15, -0.1) is 10.2 Å². The van der Waals surface area contributed by atoms with Gasteiger partial charge in [-0.2, -0.15) is 11.8 Å². The van der Waals surface area contributed by atoms with Crippen LogP contribution < -0.4 is 5.73 Å². The van der Waals surface area contributed by atoms with Crippen molar-refractivity contribution in [3.63, 3.8) is 0 Å². The van der Waals surface area contributed by atoms with Crippen molar-refractivity contribution in [1.29, 1.82) is 0 Å². The summed E-state index contributed by atoms with van der Waals surface area (Å²) in [4.78, 5) is 5.08. The van der Waals surface area contributed by atoms with Gasteiger partial charge in [0, 0.05) is 57.0 Å². The number of nitrogens with zero attached hydrogens (tertiary/aromatic N) is 5. The lowest BCUT2D eigenvalue weighted by molar-refractivity contribution is 0.129. The van der Waals surface area contributed by atoms with Crippen LogP contribution in [0.2, 0.25) is 0 Å². The number of nitrogens with two attached hydrogens (primary N) is 1. The van der Waals surface area contributed by atoms with E-state index in [0.29, 0.717) is 12.0 Å². The monoisotopic (exact) mass is 338 g/mol. The second kappa shape index (κ2) is 7.96. The lowest BCUT2D eigenvalue weighted by Gasteiger charge is -2.34. The Morgan fingerprint density at radius 2 is 1.83 bits per heavy atom. The quantitative estimate of drug-likeness (QED) is 0.800. The molecule has 0 aromatic carbocycles. The van der Waals surface area contributed by atoms with Crippen molar-refractivity contribution in [2.24, 2.45) is 5.73 Å². The zero-order valence-electron chi connectivity index (χ0n) is 14.4. The fraction of sp³-hybridized carbons (Fsp3) is 0.875. The van der Waals surface area contributed by atoms with E-state index in [4.69, 9.17) is 5.73 Å². The van der Waals surface area contributed by atoms with Gasteiger partial charge >= 0.3 is 0 Å². The third-order valence-electron chi connectivity index (χ3n) is 5.15. The molecule has 2 heterocycles. The van der Waals surface area contributed by atoms with Gasteiger partial charge in [0.05, 0.1) is 6.54 Å². The van der Waals surface area contributed by atoms with Gasteiger partial charge in [-0.1, -0.05) is 0 Å². The molecular weight excluding hydrogens is 308 g/mol. The highest BCUT2D eigenvalue weighted by Crippen LogP contribution is 2.34. The first-order valence-corrected chi connectivity index (χ1v) is 10.2. The molecule has 2 N–H and O–H groups in total. The molecule has 3 rings (SSSR count). The van der Waals surface area contributed by atoms with Crippen LogP contribution >= 0.6 is 11.8 Å². The fourth-order valence-corrected chi connectivity index (χ4v) is 4.02. The number of thioether (sulfide) groups is 1. The Kier molecular flexibility index (Phi) is 5.96. The van der Waals surface area contributed by atoms with Gasteiger partial charge in [-0.3, -0.25) is 9.80 Å². The molecule has 1 saturated heterocycles. The van der Waals surface area contributed by atoms with Gasteiger partial charge in [0.1, 0.15) is 11.6 Å². The summed E-state index contributed by atoms with van der Waals surface area (Å²) in [6, 6.07) is 0.361. The van der Waals surface area contributed by atoms with Crippen LogP contribution in [0.3, 0.4) is 0 Å². The van der Waals surface area contributed by atoms with E-state index in [0.717, 1.165) is 50.7 Å². The van der Waals surface area contributed by atoms with E-state index in [-0.39, 0.29) is 0 Å². The van der Waals surface area contributed by atoms with Crippen molar-refractivity contribution in [3.8, 4) is 0 Å². The Labute approximate surface area is 143 Å². The topological polar surface area (TPSA) is 63.2 Å². The number of aromatic nitrogens is 3. The minimum absolute atomic E-state index is 0.361. The van der Waals surface area contributed by atoms with Crippen LogP contribution in [-0.4, -0.2) is 75.3 Å². The zero-order valence-corrected chi connectivity index (χ0v) is 15.3. The molecule has 0 spiro atoms. The molecule has 1 aliphatic heterocycles. The molecular formula is C16H30N6S. The van der Waals surface area contributed by atoms with E-state index >= 15 is 0 Å². The van der Waals surface area contributed by atoms with Crippen LogP contribution in [0, 0.1) is 0 Å². The Morgan fingerprint density at radius 3 is 2.43 bits per heavy atom. The van der Waals surface area contributed by atoms with Crippen LogP contribution in [0.1, 0.15) is 37.3 Å². The zero-order chi connectivity index (χ0) is 16.2. The summed E-state index contributed by atoms with van der Waals surface area (Å²) in [5.74, 6) is 4.04. The maximum Gasteiger partial charge on any atom is 0.147 e. The molecule has 0 amide bonds. The molecule has 1 aromatic heterocycles. The summed E-state index contributed by atoms with van der Waals surface area (Å²) in [7, 11) is 0. The molecule has 2 fully saturated rings. The SMILES string of the molecule is CCn1c(CN2CCN(CCSC)CC2)nnc1C1CC(N)C1. The maximum atomic E-state index is 5.93. The third kappa shape index (κ3) is 4.07. The molecule has 130 valence electrons. The molecule has 0 bridgehead atoms. The first-order chi connectivity index (χ1) is 11.2. The van der Waals surface area contributed by atoms with Gasteiger partial charge in [0.15, 0.2) is 0 Å². The van der Waals surface area contributed by atoms with Crippen LogP contribution in [-0.2, 0) is 13.1 Å². The summed E-state index contributed by atoms with van der Waals surface area (Å²) in [5, 5.41) is 8.97. The van der Waals surface area contributed by atoms with Gasteiger partial charge < -0.3 is 10.3 Å². The minimum atomic E-state index is 0.361. The van der Waals surface area contributed by atoms with Crippen LogP contribution in [0.15, 0.2) is 0 Å². The number of hydrogen-bond acceptors (Lipinski definition) is 6. The minimum Gasteiger partial charge on any atom is -0.328 e. The van der Waals surface area contributed by atoms with E-state index in [1.165, 1.54) is 25.4 Å². The van der Waals surface area contributed by atoms with Crippen LogP contribution in [0.4, 0.5) is 0 Å². The lowest BCUT2D eigenvalue weighted by Crippen LogP contribution is -2.46. The normalized spacial score (nSPS) is 26.4. The molecule has 0 atom stereocenters. The number of piperazine rings is 1. The van der Waals surface area contributed by atoms with Crippen LogP contribution in [0.25, 0.3) is 0 Å². The van der Waals surface area contributed by atoms with Crippen molar-refractivity contribution in [2.45, 2.75) is 44.8 Å². The van der Waals surface area contributed by atoms with Crippen molar-refractivity contribution in [1.82, 2.24) is 24.6 Å². The molecule has 0 radical (unpaired) electrons. The van der Waals surface area contributed by atoms with E-state index < -0.39 is 0 Å². The van der Waals surface area contributed by atoms with Gasteiger partial charge in [-0.05, 0) is 26.0 Å². The molecule has 6 nitrogen and oxygen atoms in total. The van der Waals surface area contributed by atoms with E-state index in [1.807, 2.05) is 11.8 Å². The van der Waals surface area contributed by atoms with Crippen LogP contribution in [0.5, 0.6) is 0 Å². The predicted molar refractivity (Wildman–Crippen MR) is 95.7 cm³/mol. The Balaban J connectivity index is 1.54. The average Bonchev–Trinajstić information content (AvgIpc) is 2.93. The second-order valence-electron chi connectivity index (χ2n) is 6.76. The summed E-state index contributed by atoms with van der Waals surface area (Å²) in [6.45, 7) is 9.90. The van der Waals surface area contributed by atoms with E-state index in [1.54, 1.807) is 0 Å². The number of hydrogen-bond donors (Lipinski definition) is 1. The lowest BCUT2D eigenvalue weighted by atomic mass is 9.80. The third-order valence-corrected chi connectivity index (χ3v) is 5.74. The maximum absolute atomic E-state index is 5.93. The molecule has 1 saturated carbocycles. The van der Waals surface area contributed by atoms with Gasteiger partial charge in [0.2, 0.25) is 0 Å². The van der Waals surface area contributed by atoms with E-state index in [9.17, 15) is 0 Å². The molecule has 1 aromatic rings. The predicted octanol–water partition coefficient (Wildman–Crippen LogP) is 0.983. The first kappa shape index (κ1) is 17.2. The van der Waals surface area contributed by atoms with Crippen molar-refractivity contribution < 1.29 is 0 Å². The Morgan fingerprint density at radius 1 is 1.13 bits per heavy atom. The molecule has 1 aliphatic carbocycles. The fourth-order valence-electron chi connectivity index (χ4n) is 3.58. The highest BCUT2D eigenvalue weighted by molar-refractivity contribution is 7.98. The highest BCUT2D eigenvalue weighted by Gasteiger charge is 2.32. The standard InChI is InChI=1S/C16H30N6S/c1-3-22-15(18-19-16(22)13-10-14(17)11-13)12-21-6-4-20(5-7-21)8-9-23-2/h13-14H,3-12,17H2,1-2H3. The summed E-state index contributed by atoms with van der Waals surface area (Å²) >= 11 is 1.93. The Hall–Kier alpha value is -0.630. The summed E-state index contributed by atoms with van der Waals surface area (Å²) in [5.41, 5.74) is 5.93. The average molecular weight is 339 g/mol. The smallest absolute Gasteiger partial charge is 0.147 e.